The van der Waals surface area contributed by atoms with Gasteiger partial charge >= 0.3 is 0 Å². The standard InChI is InChI=1S/C38H56N7O19P3S/c1-35(2,17-60-67(57,58)64-66(55,56)59-15-22-28(63-65(52,53)54)27(49)34(61-22)45-19-44-26-31(39)42-18-43-32(26)45)30(50)33(51)41-10-7-24(47)40-11-12-68-25(48)6-8-36(3)23(46)5-9-38-14-20-13-21(29(36)38)62-37(20,4)16-38/h5,9,18-22,27-30,34,49-50H,6-8,10-17H2,1-4H3,(H,40,47)(H,41,51)(H,55,56)(H,57,58)(H2,39,42,43)(H2,52,53,54)/p-4/t20-,21+,22-,27-,28-,29+,30+,34-,36-,37+,38+/m1/s1. The Bertz CT molecular complexity index is 2480. The number of aliphatic hydroxyl groups excluding tert-OH is 2. The predicted molar refractivity (Wildman–Crippen MR) is 226 cm³/mol. The fraction of sp³-hybridized carbons (Fsp3) is 0.711. The molecule has 5 heterocycles. The molecule has 378 valence electrons. The van der Waals surface area contributed by atoms with Crippen molar-refractivity contribution in [3.05, 3.63) is 24.8 Å². The SMILES string of the molecule is CC(C)(COP(=O)([O-])OP(=O)([O-])OC[C@H]1O[C@@H](n2cnc3c(N)ncnc32)[C@H](O)[C@@H]1OP(=O)([O-])[O-])[C@@H](O)C(=O)NCCC(=O)NCCSC(=O)CC[C@]1(C)C(=O)C=C[C@]23C[C@H]4C[C@H](O[C@@]4(C)C2)[C@H]31. The number of nitrogens with zero attached hydrogens (tertiary/aromatic N) is 4. The largest absolute Gasteiger partial charge is 0.790 e. The molecule has 4 bridgehead atoms. The summed E-state index contributed by atoms with van der Waals surface area (Å²) >= 11 is 1.04. The lowest BCUT2D eigenvalue weighted by molar-refractivity contribution is -0.347. The molecule has 2 aromatic heterocycles. The summed E-state index contributed by atoms with van der Waals surface area (Å²) in [4.78, 5) is 111. The number of phosphoric acid groups is 3. The zero-order valence-electron chi connectivity index (χ0n) is 37.2. The number of fused-ring (bicyclic) bond motifs is 1. The van der Waals surface area contributed by atoms with Crippen LogP contribution in [0.3, 0.4) is 0 Å². The van der Waals surface area contributed by atoms with Crippen LogP contribution in [-0.2, 0) is 60.2 Å². The minimum atomic E-state index is -5.94. The number of imidazole rings is 1. The lowest BCUT2D eigenvalue weighted by atomic mass is 9.51. The van der Waals surface area contributed by atoms with Crippen LogP contribution in [0.25, 0.3) is 11.2 Å². The Balaban J connectivity index is 0.799. The molecular formula is C38H52N7O19P3S-4. The van der Waals surface area contributed by atoms with Crippen molar-refractivity contribution < 1.29 is 90.0 Å². The summed E-state index contributed by atoms with van der Waals surface area (Å²) in [6, 6.07) is 0. The van der Waals surface area contributed by atoms with Crippen LogP contribution in [0.1, 0.15) is 72.4 Å². The molecule has 6 N–H and O–H groups in total. The lowest BCUT2D eigenvalue weighted by Crippen LogP contribution is -2.56. The van der Waals surface area contributed by atoms with Crippen LogP contribution in [0.5, 0.6) is 0 Å². The number of carbonyl (C=O) groups is 4. The molecule has 30 heteroatoms. The van der Waals surface area contributed by atoms with Gasteiger partial charge in [0.05, 0.1) is 39.1 Å². The average molecular weight is 1040 g/mol. The van der Waals surface area contributed by atoms with Crippen LogP contribution in [0.2, 0.25) is 0 Å². The van der Waals surface area contributed by atoms with E-state index in [1.807, 2.05) is 6.92 Å². The first kappa shape index (κ1) is 52.7. The number of aliphatic hydroxyl groups is 2. The van der Waals surface area contributed by atoms with E-state index in [4.69, 9.17) is 15.2 Å². The third kappa shape index (κ3) is 11.2. The van der Waals surface area contributed by atoms with Crippen LogP contribution >= 0.6 is 35.2 Å². The summed E-state index contributed by atoms with van der Waals surface area (Å²) in [6.45, 7) is 4.09. The van der Waals surface area contributed by atoms with Crippen molar-refractivity contribution in [3.63, 3.8) is 0 Å². The quantitative estimate of drug-likeness (QED) is 0.0671. The molecular weight excluding hydrogens is 983 g/mol. The van der Waals surface area contributed by atoms with E-state index in [0.29, 0.717) is 12.3 Å². The highest BCUT2D eigenvalue weighted by atomic mass is 32.2. The zero-order chi connectivity index (χ0) is 49.8. The van der Waals surface area contributed by atoms with Crippen molar-refractivity contribution in [2.75, 3.05) is 37.8 Å². The minimum Gasteiger partial charge on any atom is -0.790 e. The molecule has 8 rings (SSSR count). The second-order valence-electron chi connectivity index (χ2n) is 18.8. The fourth-order valence-electron chi connectivity index (χ4n) is 10.3. The van der Waals surface area contributed by atoms with Crippen LogP contribution < -0.4 is 35.9 Å². The van der Waals surface area contributed by atoms with E-state index in [1.54, 1.807) is 6.08 Å². The van der Waals surface area contributed by atoms with Gasteiger partial charge in [-0.1, -0.05) is 38.6 Å². The van der Waals surface area contributed by atoms with E-state index in [0.717, 1.165) is 48.2 Å². The fourth-order valence-corrected chi connectivity index (χ4v) is 13.8. The summed E-state index contributed by atoms with van der Waals surface area (Å²) in [6.07, 6.45) is -0.535. The van der Waals surface area contributed by atoms with E-state index >= 15 is 0 Å². The number of nitrogens with two attached hydrogens (primary N) is 1. The predicted octanol–water partition coefficient (Wildman–Crippen LogP) is -1.36. The highest BCUT2D eigenvalue weighted by Crippen LogP contribution is 2.71. The van der Waals surface area contributed by atoms with Crippen molar-refractivity contribution in [3.8, 4) is 0 Å². The first-order valence-corrected chi connectivity index (χ1v) is 26.8. The number of aromatic nitrogens is 4. The third-order valence-corrected chi connectivity index (χ3v) is 17.4. The normalized spacial score (nSPS) is 33.0. The average Bonchev–Trinajstić information content (AvgIpc) is 3.93. The van der Waals surface area contributed by atoms with E-state index in [1.165, 1.54) is 13.8 Å². The van der Waals surface area contributed by atoms with Gasteiger partial charge in [0.15, 0.2) is 28.6 Å². The molecule has 2 unspecified atom stereocenters. The summed E-state index contributed by atoms with van der Waals surface area (Å²) in [5.74, 6) is -0.825. The molecule has 5 fully saturated rings. The first-order valence-electron chi connectivity index (χ1n) is 21.5. The molecule has 13 atom stereocenters. The number of hydrogen-bond donors (Lipinski definition) is 5. The number of phosphoric ester groups is 3. The lowest BCUT2D eigenvalue weighted by Gasteiger charge is -2.55. The number of nitrogen functional groups attached to an aromatic ring is 1. The molecule has 0 radical (unpaired) electrons. The molecule has 6 aliphatic rings. The van der Waals surface area contributed by atoms with Gasteiger partial charge in [0.1, 0.15) is 36.3 Å². The number of anilines is 1. The molecule has 1 spiro atoms. The number of ether oxygens (including phenoxy) is 2. The van der Waals surface area contributed by atoms with E-state index < -0.39 is 90.0 Å². The van der Waals surface area contributed by atoms with Gasteiger partial charge in [-0.25, -0.2) is 19.3 Å². The maximum Gasteiger partial charge on any atom is 0.274 e. The summed E-state index contributed by atoms with van der Waals surface area (Å²) in [5.41, 5.74) is 3.09. The Labute approximate surface area is 393 Å². The van der Waals surface area contributed by atoms with Crippen molar-refractivity contribution in [1.82, 2.24) is 30.2 Å². The number of allylic oxidation sites excluding steroid dienone is 2. The van der Waals surface area contributed by atoms with E-state index in [9.17, 15) is 62.7 Å². The van der Waals surface area contributed by atoms with Gasteiger partial charge in [-0.05, 0) is 50.0 Å². The zero-order valence-corrected chi connectivity index (χ0v) is 40.7. The second-order valence-corrected chi connectivity index (χ2v) is 24.0. The van der Waals surface area contributed by atoms with Gasteiger partial charge in [0, 0.05) is 48.4 Å². The smallest absolute Gasteiger partial charge is 0.274 e. The van der Waals surface area contributed by atoms with Gasteiger partial charge in [-0.2, -0.15) is 0 Å². The van der Waals surface area contributed by atoms with Crippen LogP contribution in [0, 0.1) is 28.1 Å². The molecule has 3 aliphatic heterocycles. The molecule has 68 heavy (non-hydrogen) atoms. The molecule has 3 aliphatic carbocycles. The number of nitrogens with one attached hydrogen (secondary N) is 2. The maximum atomic E-state index is 13.3. The number of thioether (sulfide) groups is 1. The van der Waals surface area contributed by atoms with Gasteiger partial charge in [0.25, 0.3) is 15.6 Å². The van der Waals surface area contributed by atoms with Crippen LogP contribution in [-0.4, -0.2) is 121 Å². The highest BCUT2D eigenvalue weighted by molar-refractivity contribution is 8.13. The minimum absolute atomic E-state index is 0.00812. The van der Waals surface area contributed by atoms with Crippen molar-refractivity contribution in [2.24, 2.45) is 28.1 Å². The number of hydrogen-bond acceptors (Lipinski definition) is 24. The topological polar surface area (TPSA) is 401 Å². The van der Waals surface area contributed by atoms with E-state index in [-0.39, 0.29) is 82.6 Å². The van der Waals surface area contributed by atoms with Crippen LogP contribution in [0.15, 0.2) is 24.8 Å². The van der Waals surface area contributed by atoms with Crippen LogP contribution in [0.4, 0.5) is 5.82 Å². The Morgan fingerprint density at radius 2 is 1.79 bits per heavy atom. The molecule has 0 aromatic carbocycles. The summed E-state index contributed by atoms with van der Waals surface area (Å²) < 4.78 is 67.4. The van der Waals surface area contributed by atoms with Gasteiger partial charge in [-0.3, -0.25) is 32.9 Å². The van der Waals surface area contributed by atoms with Crippen molar-refractivity contribution in [1.29, 1.82) is 0 Å². The molecule has 2 saturated carbocycles. The Morgan fingerprint density at radius 1 is 1.07 bits per heavy atom. The number of ketones is 1. The summed E-state index contributed by atoms with van der Waals surface area (Å²) in [7, 11) is -17.7. The Morgan fingerprint density at radius 3 is 2.50 bits per heavy atom. The molecule has 2 amide bonds. The monoisotopic (exact) mass is 1040 g/mol. The van der Waals surface area contributed by atoms with Crippen molar-refractivity contribution in [2.45, 2.75) is 109 Å². The Hall–Kier alpha value is -3.07. The van der Waals surface area contributed by atoms with Gasteiger partial charge in [-0.15, -0.1) is 0 Å². The van der Waals surface area contributed by atoms with Crippen molar-refractivity contribution >= 4 is 74.9 Å². The number of carbonyl (C=O) groups excluding carboxylic acids is 4. The first-order chi connectivity index (χ1) is 31.6. The third-order valence-electron chi connectivity index (χ3n) is 13.5. The highest BCUT2D eigenvalue weighted by Gasteiger charge is 2.71. The second kappa shape index (κ2) is 19.5. The number of amides is 2. The maximum absolute atomic E-state index is 13.3. The molecule has 3 saturated heterocycles. The van der Waals surface area contributed by atoms with Gasteiger partial charge in [0.2, 0.25) is 11.8 Å². The molecule has 26 nitrogen and oxygen atoms in total. The Kier molecular flexibility index (Phi) is 15.1. The van der Waals surface area contributed by atoms with Gasteiger partial charge < -0.3 is 73.8 Å². The molecule has 2 aromatic rings. The van der Waals surface area contributed by atoms with E-state index in [2.05, 4.69) is 56.5 Å². The summed E-state index contributed by atoms with van der Waals surface area (Å²) in [5, 5.41) is 26.4. The number of rotatable bonds is 22.